The normalized spacial score (nSPS) is 21.5. The average molecular weight is 447 g/mol. The highest BCUT2D eigenvalue weighted by Crippen LogP contribution is 2.28. The van der Waals surface area contributed by atoms with Gasteiger partial charge in [-0.25, -0.2) is 8.42 Å². The van der Waals surface area contributed by atoms with E-state index in [-0.39, 0.29) is 22.6 Å². The number of hydrogen-bond acceptors (Lipinski definition) is 5. The standard InChI is InChI=1S/C22H30N4O4S/c27-20(25-13-15-26(16-14-25)22(28)17-7-6-8-17)11-2-1-5-12-23-21-18-9-3-4-10-19(18)31(29,30)24-21/h3-4,9-10,17H,1-2,5-8,11-16H2,(H,23,24). The Kier molecular flexibility index (Phi) is 6.60. The molecule has 0 bridgehead atoms. The van der Waals surface area contributed by atoms with Crippen LogP contribution in [0.2, 0.25) is 0 Å². The number of nitrogens with one attached hydrogen (secondary N) is 1. The highest BCUT2D eigenvalue weighted by atomic mass is 32.2. The van der Waals surface area contributed by atoms with E-state index in [4.69, 9.17) is 0 Å². The molecule has 2 fully saturated rings. The van der Waals surface area contributed by atoms with Gasteiger partial charge < -0.3 is 9.80 Å². The zero-order chi connectivity index (χ0) is 21.8. The van der Waals surface area contributed by atoms with Crippen LogP contribution in [0.25, 0.3) is 0 Å². The number of carbonyl (C=O) groups is 2. The fraction of sp³-hybridized carbons (Fsp3) is 0.591. The molecular weight excluding hydrogens is 416 g/mol. The summed E-state index contributed by atoms with van der Waals surface area (Å²) in [5, 5.41) is 0. The van der Waals surface area contributed by atoms with Gasteiger partial charge in [-0.2, -0.15) is 0 Å². The van der Waals surface area contributed by atoms with Crippen LogP contribution in [0.5, 0.6) is 0 Å². The molecule has 1 aromatic rings. The van der Waals surface area contributed by atoms with Crippen LogP contribution in [0.4, 0.5) is 0 Å². The van der Waals surface area contributed by atoms with E-state index < -0.39 is 10.0 Å². The molecule has 8 nitrogen and oxygen atoms in total. The highest BCUT2D eigenvalue weighted by molar-refractivity contribution is 7.90. The summed E-state index contributed by atoms with van der Waals surface area (Å²) < 4.78 is 26.7. The molecule has 0 unspecified atom stereocenters. The second-order valence-electron chi connectivity index (χ2n) is 8.48. The Hall–Kier alpha value is -2.42. The first-order chi connectivity index (χ1) is 15.0. The van der Waals surface area contributed by atoms with Crippen molar-refractivity contribution >= 4 is 27.7 Å². The Morgan fingerprint density at radius 2 is 1.71 bits per heavy atom. The molecule has 168 valence electrons. The van der Waals surface area contributed by atoms with E-state index in [1.807, 2.05) is 9.80 Å². The summed E-state index contributed by atoms with van der Waals surface area (Å²) >= 11 is 0. The van der Waals surface area contributed by atoms with Gasteiger partial charge in [0.05, 0.1) is 4.90 Å². The molecule has 0 atom stereocenters. The maximum Gasteiger partial charge on any atom is 0.263 e. The molecule has 9 heteroatoms. The van der Waals surface area contributed by atoms with E-state index in [1.165, 1.54) is 0 Å². The Labute approximate surface area is 183 Å². The second kappa shape index (κ2) is 9.38. The lowest BCUT2D eigenvalue weighted by Crippen LogP contribution is -2.52. The number of aliphatic imine (C=N–C) groups is 1. The quantitative estimate of drug-likeness (QED) is 0.645. The monoisotopic (exact) mass is 446 g/mol. The first-order valence-electron chi connectivity index (χ1n) is 11.2. The van der Waals surface area contributed by atoms with Gasteiger partial charge in [-0.05, 0) is 37.8 Å². The lowest BCUT2D eigenvalue weighted by molar-refractivity contribution is -0.144. The van der Waals surface area contributed by atoms with Gasteiger partial charge in [0, 0.05) is 50.6 Å². The number of piperazine rings is 1. The van der Waals surface area contributed by atoms with E-state index in [9.17, 15) is 18.0 Å². The van der Waals surface area contributed by atoms with Crippen molar-refractivity contribution in [1.82, 2.24) is 14.5 Å². The summed E-state index contributed by atoms with van der Waals surface area (Å²) in [5.41, 5.74) is 0.618. The maximum absolute atomic E-state index is 12.4. The second-order valence-corrected chi connectivity index (χ2v) is 10.1. The molecule has 1 N–H and O–H groups in total. The van der Waals surface area contributed by atoms with Crippen LogP contribution in [0.1, 0.15) is 50.5 Å². The first kappa shape index (κ1) is 21.8. The fourth-order valence-corrected chi connectivity index (χ4v) is 5.51. The van der Waals surface area contributed by atoms with Gasteiger partial charge in [0.15, 0.2) is 0 Å². The predicted molar refractivity (Wildman–Crippen MR) is 117 cm³/mol. The van der Waals surface area contributed by atoms with E-state index in [0.29, 0.717) is 50.5 Å². The Morgan fingerprint density at radius 1 is 1.00 bits per heavy atom. The number of unbranched alkanes of at least 4 members (excludes halogenated alkanes) is 2. The molecule has 0 radical (unpaired) electrons. The van der Waals surface area contributed by atoms with Crippen molar-refractivity contribution in [2.45, 2.75) is 49.8 Å². The zero-order valence-corrected chi connectivity index (χ0v) is 18.6. The Balaban J connectivity index is 1.14. The van der Waals surface area contributed by atoms with Crippen molar-refractivity contribution in [2.24, 2.45) is 10.9 Å². The highest BCUT2D eigenvalue weighted by Gasteiger charge is 2.32. The third-order valence-corrected chi connectivity index (χ3v) is 7.78. The average Bonchev–Trinajstić information content (AvgIpc) is 2.99. The molecule has 0 spiro atoms. The molecule has 1 aliphatic carbocycles. The maximum atomic E-state index is 12.4. The lowest BCUT2D eigenvalue weighted by Gasteiger charge is -2.38. The summed E-state index contributed by atoms with van der Waals surface area (Å²) in [7, 11) is -3.49. The lowest BCUT2D eigenvalue weighted by atomic mass is 9.84. The van der Waals surface area contributed by atoms with Crippen molar-refractivity contribution in [3.8, 4) is 0 Å². The SMILES string of the molecule is O=C(CCCCCN=C1NS(=O)(=O)c2ccccc21)N1CCN(C(=O)C2CCC2)CC1. The molecule has 3 aliphatic rings. The molecule has 1 saturated carbocycles. The van der Waals surface area contributed by atoms with Crippen molar-refractivity contribution < 1.29 is 18.0 Å². The summed E-state index contributed by atoms with van der Waals surface area (Å²) in [6.45, 7) is 3.07. The number of nitrogens with zero attached hydrogens (tertiary/aromatic N) is 3. The van der Waals surface area contributed by atoms with E-state index >= 15 is 0 Å². The van der Waals surface area contributed by atoms with E-state index in [2.05, 4.69) is 9.71 Å². The van der Waals surface area contributed by atoms with Gasteiger partial charge in [0.25, 0.3) is 10.0 Å². The molecule has 2 aliphatic heterocycles. The summed E-state index contributed by atoms with van der Waals surface area (Å²) in [6.07, 6.45) is 6.13. The van der Waals surface area contributed by atoms with Gasteiger partial charge in [-0.15, -0.1) is 0 Å². The topological polar surface area (TPSA) is 99.1 Å². The van der Waals surface area contributed by atoms with E-state index in [1.54, 1.807) is 24.3 Å². The van der Waals surface area contributed by atoms with Gasteiger partial charge in [-0.3, -0.25) is 19.3 Å². The fourth-order valence-electron chi connectivity index (χ4n) is 4.25. The van der Waals surface area contributed by atoms with E-state index in [0.717, 1.165) is 38.5 Å². The minimum absolute atomic E-state index is 0.152. The minimum atomic E-state index is -3.49. The smallest absolute Gasteiger partial charge is 0.263 e. The minimum Gasteiger partial charge on any atom is -0.339 e. The number of sulfonamides is 1. The number of fused-ring (bicyclic) bond motifs is 1. The van der Waals surface area contributed by atoms with Crippen molar-refractivity contribution in [2.75, 3.05) is 32.7 Å². The van der Waals surface area contributed by atoms with Gasteiger partial charge in [0.2, 0.25) is 11.8 Å². The summed E-state index contributed by atoms with van der Waals surface area (Å²) in [6, 6.07) is 6.83. The number of amides is 2. The molecule has 1 aromatic carbocycles. The molecule has 31 heavy (non-hydrogen) atoms. The predicted octanol–water partition coefficient (Wildman–Crippen LogP) is 1.76. The van der Waals surface area contributed by atoms with Crippen molar-refractivity contribution in [3.05, 3.63) is 29.8 Å². The van der Waals surface area contributed by atoms with Gasteiger partial charge >= 0.3 is 0 Å². The Bertz CT molecular complexity index is 963. The summed E-state index contributed by atoms with van der Waals surface area (Å²) in [4.78, 5) is 33.2. The van der Waals surface area contributed by atoms with Crippen molar-refractivity contribution in [3.63, 3.8) is 0 Å². The number of rotatable bonds is 7. The van der Waals surface area contributed by atoms with Crippen LogP contribution < -0.4 is 4.72 Å². The van der Waals surface area contributed by atoms with Gasteiger partial charge in [-0.1, -0.05) is 25.0 Å². The van der Waals surface area contributed by atoms with Gasteiger partial charge in [0.1, 0.15) is 5.84 Å². The third kappa shape index (κ3) is 4.92. The first-order valence-corrected chi connectivity index (χ1v) is 12.7. The molecule has 2 amide bonds. The number of benzene rings is 1. The van der Waals surface area contributed by atoms with Crippen LogP contribution in [0.3, 0.4) is 0 Å². The number of carbonyl (C=O) groups excluding carboxylic acids is 2. The van der Waals surface area contributed by atoms with Crippen LogP contribution in [0.15, 0.2) is 34.2 Å². The van der Waals surface area contributed by atoms with Crippen LogP contribution in [-0.4, -0.2) is 68.6 Å². The number of hydrogen-bond donors (Lipinski definition) is 1. The largest absolute Gasteiger partial charge is 0.339 e. The summed E-state index contributed by atoms with van der Waals surface area (Å²) in [5.74, 6) is 1.05. The third-order valence-electron chi connectivity index (χ3n) is 6.38. The van der Waals surface area contributed by atoms with Crippen LogP contribution in [0, 0.1) is 5.92 Å². The molecule has 2 heterocycles. The number of amidine groups is 1. The van der Waals surface area contributed by atoms with Crippen LogP contribution >= 0.6 is 0 Å². The zero-order valence-electron chi connectivity index (χ0n) is 17.8. The van der Waals surface area contributed by atoms with Crippen LogP contribution in [-0.2, 0) is 19.6 Å². The Morgan fingerprint density at radius 3 is 2.42 bits per heavy atom. The molecular formula is C22H30N4O4S. The van der Waals surface area contributed by atoms with Crippen molar-refractivity contribution in [1.29, 1.82) is 0 Å². The molecule has 1 saturated heterocycles. The molecule has 4 rings (SSSR count). The molecule has 0 aromatic heterocycles.